The van der Waals surface area contributed by atoms with Gasteiger partial charge in [0.05, 0.1) is 24.7 Å². The summed E-state index contributed by atoms with van der Waals surface area (Å²) in [5.41, 5.74) is 0. The third-order valence-corrected chi connectivity index (χ3v) is 1.65. The van der Waals surface area contributed by atoms with Crippen molar-refractivity contribution in [1.82, 2.24) is 0 Å². The molecular weight excluding hydrogens is 150 g/mol. The van der Waals surface area contributed by atoms with Crippen LogP contribution < -0.4 is 0 Å². The fourth-order valence-corrected chi connectivity index (χ4v) is 1.08. The molecule has 0 saturated heterocycles. The van der Waals surface area contributed by atoms with E-state index < -0.39 is 0 Å². The third kappa shape index (κ3) is 6.18. The molecule has 0 aliphatic carbocycles. The Morgan fingerprint density at radius 3 is 2.25 bits per heavy atom. The monoisotopic (exact) mass is 169 g/mol. The maximum absolute atomic E-state index is 8.50. The summed E-state index contributed by atoms with van der Waals surface area (Å²) in [6.45, 7) is 8.84. The first kappa shape index (κ1) is 11.4. The van der Waals surface area contributed by atoms with Crippen molar-refractivity contribution in [3.63, 3.8) is 0 Å². The lowest BCUT2D eigenvalue weighted by Gasteiger charge is -2.15. The molecule has 12 heavy (non-hydrogen) atoms. The summed E-state index contributed by atoms with van der Waals surface area (Å²) in [4.78, 5) is 0. The van der Waals surface area contributed by atoms with E-state index in [2.05, 4.69) is 26.8 Å². The molecular formula is C10H19NO. The highest BCUT2D eigenvalue weighted by Gasteiger charge is 2.07. The number of hydrogen-bond acceptors (Lipinski definition) is 2. The molecule has 0 aromatic heterocycles. The summed E-state index contributed by atoms with van der Waals surface area (Å²) in [5.74, 6) is 0.678. The number of ether oxygens (including phenoxy) is 1. The molecule has 2 atom stereocenters. The van der Waals surface area contributed by atoms with Crippen LogP contribution in [-0.4, -0.2) is 12.7 Å². The standard InChI is InChI=1S/C10H19NO/c1-8(2)5-10(4)12-7-9(3)6-11/h8-10H,5,7H2,1-4H3. The van der Waals surface area contributed by atoms with Crippen molar-refractivity contribution >= 4 is 0 Å². The molecule has 0 N–H and O–H groups in total. The molecule has 2 nitrogen and oxygen atoms in total. The summed E-state index contributed by atoms with van der Waals surface area (Å²) < 4.78 is 5.48. The van der Waals surface area contributed by atoms with Gasteiger partial charge in [-0.2, -0.15) is 5.26 Å². The van der Waals surface area contributed by atoms with Crippen LogP contribution in [0.3, 0.4) is 0 Å². The second kappa shape index (κ2) is 6.02. The zero-order chi connectivity index (χ0) is 9.56. The molecule has 2 heteroatoms. The molecule has 0 fully saturated rings. The normalized spacial score (nSPS) is 15.7. The van der Waals surface area contributed by atoms with Gasteiger partial charge in [-0.05, 0) is 26.2 Å². The van der Waals surface area contributed by atoms with E-state index in [0.717, 1.165) is 6.42 Å². The van der Waals surface area contributed by atoms with E-state index >= 15 is 0 Å². The van der Waals surface area contributed by atoms with E-state index in [1.165, 1.54) is 0 Å². The van der Waals surface area contributed by atoms with Crippen molar-refractivity contribution in [2.24, 2.45) is 11.8 Å². The Morgan fingerprint density at radius 2 is 1.83 bits per heavy atom. The van der Waals surface area contributed by atoms with Crippen LogP contribution in [0.4, 0.5) is 0 Å². The molecule has 0 saturated carbocycles. The van der Waals surface area contributed by atoms with Crippen LogP contribution in [0.1, 0.15) is 34.1 Å². The van der Waals surface area contributed by atoms with Crippen molar-refractivity contribution in [2.45, 2.75) is 40.2 Å². The smallest absolute Gasteiger partial charge is 0.0677 e. The first-order chi connectivity index (χ1) is 5.56. The fourth-order valence-electron chi connectivity index (χ4n) is 1.08. The van der Waals surface area contributed by atoms with Gasteiger partial charge in [0.2, 0.25) is 0 Å². The minimum Gasteiger partial charge on any atom is -0.377 e. The molecule has 0 radical (unpaired) electrons. The Balaban J connectivity index is 3.45. The third-order valence-electron chi connectivity index (χ3n) is 1.65. The zero-order valence-corrected chi connectivity index (χ0v) is 8.50. The van der Waals surface area contributed by atoms with Crippen molar-refractivity contribution in [1.29, 1.82) is 5.26 Å². The lowest BCUT2D eigenvalue weighted by molar-refractivity contribution is 0.0411. The SMILES string of the molecule is CC(C)CC(C)OCC(C)C#N. The minimum atomic E-state index is 0.0135. The van der Waals surface area contributed by atoms with Gasteiger partial charge in [0.1, 0.15) is 0 Å². The van der Waals surface area contributed by atoms with Gasteiger partial charge in [-0.3, -0.25) is 0 Å². The first-order valence-electron chi connectivity index (χ1n) is 4.57. The Labute approximate surface area is 75.5 Å². The maximum Gasteiger partial charge on any atom is 0.0677 e. The highest BCUT2D eigenvalue weighted by Crippen LogP contribution is 2.08. The van der Waals surface area contributed by atoms with Crippen LogP contribution in [0, 0.1) is 23.2 Å². The van der Waals surface area contributed by atoms with Crippen LogP contribution in [-0.2, 0) is 4.74 Å². The topological polar surface area (TPSA) is 33.0 Å². The quantitative estimate of drug-likeness (QED) is 0.633. The molecule has 0 aromatic carbocycles. The second-order valence-electron chi connectivity index (χ2n) is 3.80. The predicted octanol–water partition coefficient (Wildman–Crippen LogP) is 2.60. The van der Waals surface area contributed by atoms with E-state index in [1.807, 2.05) is 6.92 Å². The molecule has 0 amide bonds. The Kier molecular flexibility index (Phi) is 5.74. The Bertz CT molecular complexity index is 148. The molecule has 0 aliphatic heterocycles. The first-order valence-corrected chi connectivity index (χ1v) is 4.57. The number of rotatable bonds is 5. The van der Waals surface area contributed by atoms with Crippen LogP contribution >= 0.6 is 0 Å². The number of nitrogens with zero attached hydrogens (tertiary/aromatic N) is 1. The lowest BCUT2D eigenvalue weighted by Crippen LogP contribution is -2.15. The van der Waals surface area contributed by atoms with Crippen molar-refractivity contribution in [3.8, 4) is 6.07 Å². The van der Waals surface area contributed by atoms with Crippen molar-refractivity contribution < 1.29 is 4.74 Å². The van der Waals surface area contributed by atoms with Crippen LogP contribution in [0.2, 0.25) is 0 Å². The number of nitriles is 1. The summed E-state index contributed by atoms with van der Waals surface area (Å²) in [6.07, 6.45) is 1.35. The van der Waals surface area contributed by atoms with Gasteiger partial charge < -0.3 is 4.74 Å². The minimum absolute atomic E-state index is 0.0135. The van der Waals surface area contributed by atoms with Gasteiger partial charge >= 0.3 is 0 Å². The second-order valence-corrected chi connectivity index (χ2v) is 3.80. The van der Waals surface area contributed by atoms with Gasteiger partial charge in [-0.1, -0.05) is 13.8 Å². The van der Waals surface area contributed by atoms with E-state index in [-0.39, 0.29) is 12.0 Å². The highest BCUT2D eigenvalue weighted by molar-refractivity contribution is 4.78. The zero-order valence-electron chi connectivity index (χ0n) is 8.50. The molecule has 70 valence electrons. The summed E-state index contributed by atoms with van der Waals surface area (Å²) in [7, 11) is 0. The van der Waals surface area contributed by atoms with E-state index in [4.69, 9.17) is 10.00 Å². The molecule has 0 rings (SSSR count). The van der Waals surface area contributed by atoms with Gasteiger partial charge in [0, 0.05) is 0 Å². The molecule has 2 unspecified atom stereocenters. The van der Waals surface area contributed by atoms with Gasteiger partial charge in [0.15, 0.2) is 0 Å². The van der Waals surface area contributed by atoms with E-state index in [0.29, 0.717) is 12.5 Å². The summed E-state index contributed by atoms with van der Waals surface area (Å²) >= 11 is 0. The van der Waals surface area contributed by atoms with E-state index in [1.54, 1.807) is 0 Å². The van der Waals surface area contributed by atoms with Crippen molar-refractivity contribution in [3.05, 3.63) is 0 Å². The van der Waals surface area contributed by atoms with Gasteiger partial charge in [-0.15, -0.1) is 0 Å². The lowest BCUT2D eigenvalue weighted by atomic mass is 10.1. The number of hydrogen-bond donors (Lipinski definition) is 0. The Hall–Kier alpha value is -0.550. The molecule has 0 spiro atoms. The largest absolute Gasteiger partial charge is 0.377 e. The summed E-state index contributed by atoms with van der Waals surface area (Å²) in [5, 5.41) is 8.50. The average Bonchev–Trinajstić information content (AvgIpc) is 1.99. The van der Waals surface area contributed by atoms with Gasteiger partial charge in [0.25, 0.3) is 0 Å². The fraction of sp³-hybridized carbons (Fsp3) is 0.900. The van der Waals surface area contributed by atoms with Crippen LogP contribution in [0.5, 0.6) is 0 Å². The Morgan fingerprint density at radius 1 is 1.25 bits per heavy atom. The molecule has 0 bridgehead atoms. The van der Waals surface area contributed by atoms with Gasteiger partial charge in [-0.25, -0.2) is 0 Å². The average molecular weight is 169 g/mol. The maximum atomic E-state index is 8.50. The molecule has 0 aromatic rings. The highest BCUT2D eigenvalue weighted by atomic mass is 16.5. The van der Waals surface area contributed by atoms with Crippen molar-refractivity contribution in [2.75, 3.05) is 6.61 Å². The van der Waals surface area contributed by atoms with Crippen LogP contribution in [0.25, 0.3) is 0 Å². The molecule has 0 heterocycles. The molecule has 0 aliphatic rings. The van der Waals surface area contributed by atoms with Crippen LogP contribution in [0.15, 0.2) is 0 Å². The predicted molar refractivity (Wildman–Crippen MR) is 49.6 cm³/mol. The van der Waals surface area contributed by atoms with E-state index in [9.17, 15) is 0 Å². The summed E-state index contributed by atoms with van der Waals surface area (Å²) in [6, 6.07) is 2.15.